The maximum absolute atomic E-state index is 9.76. The Morgan fingerprint density at radius 3 is 2.81 bits per heavy atom. The monoisotopic (exact) mass is 375 g/mol. The molecule has 0 aliphatic rings. The number of aromatic nitrogens is 3. The molecule has 27 heavy (non-hydrogen) atoms. The van der Waals surface area contributed by atoms with E-state index in [1.54, 1.807) is 24.4 Å². The summed E-state index contributed by atoms with van der Waals surface area (Å²) in [6, 6.07) is 12.9. The van der Waals surface area contributed by atoms with Crippen LogP contribution in [0.4, 0.5) is 5.69 Å². The van der Waals surface area contributed by atoms with Crippen molar-refractivity contribution in [2.24, 2.45) is 0 Å². The van der Waals surface area contributed by atoms with Crippen molar-refractivity contribution in [1.29, 1.82) is 5.26 Å². The van der Waals surface area contributed by atoms with E-state index in [1.807, 2.05) is 29.7 Å². The molecule has 3 rings (SSSR count). The molecular formula is C20H17N5OS. The standard InChI is InChI=1S/C20H17N5OS/c1-3-18-20(27-17-9-14(11-21)8-16(10-17)22-2)25(19(13-26)24-18)12-15-6-4-5-7-23-15/h4-10,26H,3,12-13H2,1H3. The highest BCUT2D eigenvalue weighted by atomic mass is 32.2. The lowest BCUT2D eigenvalue weighted by atomic mass is 10.2. The molecule has 0 atom stereocenters. The number of pyridine rings is 1. The van der Waals surface area contributed by atoms with Crippen LogP contribution in [0.5, 0.6) is 0 Å². The van der Waals surface area contributed by atoms with Crippen LogP contribution in [0.25, 0.3) is 4.85 Å². The molecule has 2 aromatic heterocycles. The third-order valence-corrected chi connectivity index (χ3v) is 5.07. The molecule has 3 aromatic rings. The Labute approximate surface area is 162 Å². The van der Waals surface area contributed by atoms with Gasteiger partial charge in [0.2, 0.25) is 0 Å². The average molecular weight is 375 g/mol. The van der Waals surface area contributed by atoms with Crippen molar-refractivity contribution >= 4 is 17.4 Å². The first-order chi connectivity index (χ1) is 13.2. The molecule has 1 N–H and O–H groups in total. The summed E-state index contributed by atoms with van der Waals surface area (Å²) in [7, 11) is 0. The number of aliphatic hydroxyl groups excluding tert-OH is 1. The van der Waals surface area contributed by atoms with Crippen LogP contribution >= 0.6 is 11.8 Å². The molecule has 0 aliphatic heterocycles. The minimum atomic E-state index is -0.175. The molecule has 1 aromatic carbocycles. The molecule has 7 heteroatoms. The molecule has 134 valence electrons. The topological polar surface area (TPSA) is 79.1 Å². The SMILES string of the molecule is [C-]#[N+]c1cc(C#N)cc(Sc2c(CC)nc(CO)n2Cc2ccccn2)c1. The zero-order valence-corrected chi connectivity index (χ0v) is 15.6. The lowest BCUT2D eigenvalue weighted by Crippen LogP contribution is -2.07. The molecule has 0 radical (unpaired) electrons. The van der Waals surface area contributed by atoms with Gasteiger partial charge >= 0.3 is 0 Å². The Bertz CT molecular complexity index is 999. The van der Waals surface area contributed by atoms with E-state index in [1.165, 1.54) is 11.8 Å². The first-order valence-electron chi connectivity index (χ1n) is 8.38. The van der Waals surface area contributed by atoms with E-state index >= 15 is 0 Å². The second kappa shape index (κ2) is 8.50. The summed E-state index contributed by atoms with van der Waals surface area (Å²) >= 11 is 1.45. The largest absolute Gasteiger partial charge is 0.388 e. The second-order valence-electron chi connectivity index (χ2n) is 5.74. The van der Waals surface area contributed by atoms with Crippen molar-refractivity contribution in [1.82, 2.24) is 14.5 Å². The van der Waals surface area contributed by atoms with Crippen molar-refractivity contribution in [3.63, 3.8) is 0 Å². The molecule has 0 saturated heterocycles. The third-order valence-electron chi connectivity index (χ3n) is 3.95. The number of rotatable bonds is 6. The number of nitrogens with zero attached hydrogens (tertiary/aromatic N) is 5. The Hall–Kier alpha value is -3.13. The minimum absolute atomic E-state index is 0.175. The van der Waals surface area contributed by atoms with Crippen LogP contribution in [0.3, 0.4) is 0 Å². The fourth-order valence-electron chi connectivity index (χ4n) is 2.70. The summed E-state index contributed by atoms with van der Waals surface area (Å²) < 4.78 is 1.95. The van der Waals surface area contributed by atoms with Gasteiger partial charge in [0.25, 0.3) is 0 Å². The molecule has 0 aliphatic carbocycles. The normalized spacial score (nSPS) is 10.4. The van der Waals surface area contributed by atoms with Crippen LogP contribution in [0.1, 0.15) is 29.7 Å². The average Bonchev–Trinajstić information content (AvgIpc) is 3.04. The van der Waals surface area contributed by atoms with Gasteiger partial charge < -0.3 is 9.67 Å². The maximum Gasteiger partial charge on any atom is 0.189 e. The Morgan fingerprint density at radius 2 is 2.19 bits per heavy atom. The van der Waals surface area contributed by atoms with E-state index in [0.29, 0.717) is 30.0 Å². The summed E-state index contributed by atoms with van der Waals surface area (Å²) in [5.74, 6) is 0.571. The summed E-state index contributed by atoms with van der Waals surface area (Å²) in [6.07, 6.45) is 2.44. The first kappa shape index (κ1) is 18.7. The van der Waals surface area contributed by atoms with Crippen molar-refractivity contribution in [3.05, 3.63) is 76.8 Å². The predicted molar refractivity (Wildman–Crippen MR) is 102 cm³/mol. The molecule has 2 heterocycles. The smallest absolute Gasteiger partial charge is 0.189 e. The van der Waals surface area contributed by atoms with E-state index < -0.39 is 0 Å². The molecule has 0 saturated carbocycles. The van der Waals surface area contributed by atoms with Crippen LogP contribution in [-0.2, 0) is 19.6 Å². The lowest BCUT2D eigenvalue weighted by molar-refractivity contribution is 0.264. The van der Waals surface area contributed by atoms with Gasteiger partial charge in [0.1, 0.15) is 17.5 Å². The molecule has 0 fully saturated rings. The van der Waals surface area contributed by atoms with Gasteiger partial charge in [-0.15, -0.1) is 0 Å². The van der Waals surface area contributed by atoms with Crippen molar-refractivity contribution in [2.45, 2.75) is 36.4 Å². The highest BCUT2D eigenvalue weighted by molar-refractivity contribution is 7.99. The highest BCUT2D eigenvalue weighted by Gasteiger charge is 2.18. The molecule has 0 spiro atoms. The zero-order valence-electron chi connectivity index (χ0n) is 14.8. The molecular weight excluding hydrogens is 358 g/mol. The van der Waals surface area contributed by atoms with Crippen LogP contribution in [0, 0.1) is 17.9 Å². The quantitative estimate of drug-likeness (QED) is 0.660. The van der Waals surface area contributed by atoms with Crippen molar-refractivity contribution in [3.8, 4) is 6.07 Å². The fraction of sp³-hybridized carbons (Fsp3) is 0.200. The predicted octanol–water partition coefficient (Wildman–Crippen LogP) is 3.95. The summed E-state index contributed by atoms with van der Waals surface area (Å²) in [4.78, 5) is 13.2. The van der Waals surface area contributed by atoms with E-state index in [0.717, 1.165) is 21.3 Å². The van der Waals surface area contributed by atoms with Gasteiger partial charge in [-0.25, -0.2) is 9.83 Å². The molecule has 0 amide bonds. The Kier molecular flexibility index (Phi) is 5.87. The van der Waals surface area contributed by atoms with Crippen LogP contribution in [-0.4, -0.2) is 19.6 Å². The van der Waals surface area contributed by atoms with E-state index in [9.17, 15) is 10.4 Å². The number of hydrogen-bond acceptors (Lipinski definition) is 5. The van der Waals surface area contributed by atoms with Gasteiger partial charge in [0.05, 0.1) is 30.6 Å². The van der Waals surface area contributed by atoms with Gasteiger partial charge in [-0.2, -0.15) is 5.26 Å². The summed E-state index contributed by atoms with van der Waals surface area (Å²) in [5.41, 5.74) is 2.60. The molecule has 0 bridgehead atoms. The van der Waals surface area contributed by atoms with Gasteiger partial charge in [0, 0.05) is 16.7 Å². The van der Waals surface area contributed by atoms with Gasteiger partial charge in [0.15, 0.2) is 5.69 Å². The first-order valence-corrected chi connectivity index (χ1v) is 9.19. The number of aliphatic hydroxyl groups is 1. The third kappa shape index (κ3) is 4.17. The highest BCUT2D eigenvalue weighted by Crippen LogP contribution is 2.35. The summed E-state index contributed by atoms with van der Waals surface area (Å²) in [5, 5.41) is 19.9. The Balaban J connectivity index is 2.05. The lowest BCUT2D eigenvalue weighted by Gasteiger charge is -2.12. The van der Waals surface area contributed by atoms with Crippen LogP contribution in [0.2, 0.25) is 0 Å². The number of nitriles is 1. The van der Waals surface area contributed by atoms with Crippen molar-refractivity contribution < 1.29 is 5.11 Å². The second-order valence-corrected chi connectivity index (χ2v) is 6.80. The van der Waals surface area contributed by atoms with Crippen LogP contribution in [0.15, 0.2) is 52.5 Å². The number of aryl methyl sites for hydroxylation is 1. The van der Waals surface area contributed by atoms with E-state index in [2.05, 4.69) is 20.9 Å². The number of imidazole rings is 1. The van der Waals surface area contributed by atoms with Gasteiger partial charge in [-0.1, -0.05) is 24.8 Å². The molecule has 6 nitrogen and oxygen atoms in total. The number of benzene rings is 1. The molecule has 0 unspecified atom stereocenters. The van der Waals surface area contributed by atoms with Crippen LogP contribution < -0.4 is 0 Å². The van der Waals surface area contributed by atoms with Gasteiger partial charge in [-0.3, -0.25) is 4.98 Å². The maximum atomic E-state index is 9.76. The minimum Gasteiger partial charge on any atom is -0.388 e. The Morgan fingerprint density at radius 1 is 1.33 bits per heavy atom. The van der Waals surface area contributed by atoms with Crippen molar-refractivity contribution in [2.75, 3.05) is 0 Å². The zero-order chi connectivity index (χ0) is 19.2. The van der Waals surface area contributed by atoms with E-state index in [4.69, 9.17) is 6.57 Å². The fourth-order valence-corrected chi connectivity index (χ4v) is 3.88. The summed E-state index contributed by atoms with van der Waals surface area (Å²) in [6.45, 7) is 9.56. The van der Waals surface area contributed by atoms with E-state index in [-0.39, 0.29) is 6.61 Å². The number of hydrogen-bond donors (Lipinski definition) is 1. The van der Waals surface area contributed by atoms with Gasteiger partial charge in [-0.05, 0) is 36.8 Å².